The lowest BCUT2D eigenvalue weighted by Crippen LogP contribution is -2.66. The van der Waals surface area contributed by atoms with Crippen LogP contribution in [-0.4, -0.2) is 40.4 Å². The molecule has 0 unspecified atom stereocenters. The van der Waals surface area contributed by atoms with E-state index in [0.29, 0.717) is 11.8 Å². The summed E-state index contributed by atoms with van der Waals surface area (Å²) >= 11 is 0. The predicted octanol–water partition coefficient (Wildman–Crippen LogP) is 2.48. The van der Waals surface area contributed by atoms with Gasteiger partial charge in [0.25, 0.3) is 0 Å². The highest BCUT2D eigenvalue weighted by atomic mass is 16.6. The predicted molar refractivity (Wildman–Crippen MR) is 80.9 cm³/mol. The largest absolute Gasteiger partial charge is 0.358 e. The van der Waals surface area contributed by atoms with Crippen LogP contribution in [-0.2, 0) is 14.3 Å². The smallest absolute Gasteiger partial charge is 0.231 e. The Balaban J connectivity index is 1.59. The van der Waals surface area contributed by atoms with Gasteiger partial charge in [-0.05, 0) is 45.1 Å². The molecule has 1 aliphatic carbocycles. The lowest BCUT2D eigenvalue weighted by molar-refractivity contribution is -0.251. The molecule has 0 N–H and O–H groups in total. The SMILES string of the molecule is C[C@@H]1CC[C@@H]2[C@@H](C1)O[C@@H]1N(C(=O)[C@@H]3C[C@H]4C=C[C@@]13O4)C2(C)C. The second-order valence-corrected chi connectivity index (χ2v) is 8.57. The average molecular weight is 303 g/mol. The van der Waals surface area contributed by atoms with Gasteiger partial charge < -0.3 is 14.4 Å². The minimum atomic E-state index is -0.509. The topological polar surface area (TPSA) is 38.8 Å². The van der Waals surface area contributed by atoms with E-state index in [9.17, 15) is 4.79 Å². The highest BCUT2D eigenvalue weighted by Gasteiger charge is 2.71. The van der Waals surface area contributed by atoms with E-state index in [-0.39, 0.29) is 35.8 Å². The fourth-order valence-corrected chi connectivity index (χ4v) is 5.82. The summed E-state index contributed by atoms with van der Waals surface area (Å²) in [5.41, 5.74) is -0.649. The first-order valence-corrected chi connectivity index (χ1v) is 8.79. The number of carbonyl (C=O) groups excluding carboxylic acids is 1. The summed E-state index contributed by atoms with van der Waals surface area (Å²) < 4.78 is 12.8. The number of rotatable bonds is 0. The maximum Gasteiger partial charge on any atom is 0.231 e. The van der Waals surface area contributed by atoms with Crippen LogP contribution in [0.15, 0.2) is 12.2 Å². The molecular formula is C18H25NO3. The van der Waals surface area contributed by atoms with Gasteiger partial charge in [0.05, 0.1) is 18.1 Å². The van der Waals surface area contributed by atoms with Gasteiger partial charge in [-0.25, -0.2) is 0 Å². The highest BCUT2D eigenvalue weighted by Crippen LogP contribution is 2.58. The standard InChI is InChI=1S/C18H25NO3/c1-10-4-5-12-14(8-10)21-16-18-7-6-11(22-18)9-13(18)15(20)19(16)17(12,2)3/h6-7,10-14,16H,4-5,8-9H2,1-3H3/t10-,11-,12-,13+,14-,16+,18+/m1/s1. The van der Waals surface area contributed by atoms with Crippen molar-refractivity contribution in [2.24, 2.45) is 17.8 Å². The zero-order valence-corrected chi connectivity index (χ0v) is 13.6. The van der Waals surface area contributed by atoms with Crippen LogP contribution in [0.5, 0.6) is 0 Å². The minimum absolute atomic E-state index is 0.0376. The van der Waals surface area contributed by atoms with Crippen LogP contribution >= 0.6 is 0 Å². The quantitative estimate of drug-likeness (QED) is 0.645. The third-order valence-electron chi connectivity index (χ3n) is 6.98. The second-order valence-electron chi connectivity index (χ2n) is 8.57. The molecule has 1 amide bonds. The first-order chi connectivity index (χ1) is 10.4. The molecule has 4 nitrogen and oxygen atoms in total. The van der Waals surface area contributed by atoms with Gasteiger partial charge in [0, 0.05) is 11.5 Å². The summed E-state index contributed by atoms with van der Waals surface area (Å²) in [5.74, 6) is 1.37. The summed E-state index contributed by atoms with van der Waals surface area (Å²) in [6.07, 6.45) is 8.74. The number of ether oxygens (including phenoxy) is 2. The number of nitrogens with zero attached hydrogens (tertiary/aromatic N) is 1. The van der Waals surface area contributed by atoms with Crippen LogP contribution in [0.4, 0.5) is 0 Å². The normalized spacial score (nSPS) is 54.3. The third-order valence-corrected chi connectivity index (χ3v) is 6.98. The Bertz CT molecular complexity index is 571. The van der Waals surface area contributed by atoms with E-state index in [0.717, 1.165) is 19.3 Å². The number of amides is 1. The number of hydrogen-bond acceptors (Lipinski definition) is 3. The number of carbonyl (C=O) groups is 1. The van der Waals surface area contributed by atoms with Crippen molar-refractivity contribution in [1.29, 1.82) is 0 Å². The van der Waals surface area contributed by atoms with Crippen molar-refractivity contribution in [2.75, 3.05) is 0 Å². The Morgan fingerprint density at radius 2 is 2.09 bits per heavy atom. The fourth-order valence-electron chi connectivity index (χ4n) is 5.82. The van der Waals surface area contributed by atoms with E-state index in [1.54, 1.807) is 0 Å². The highest BCUT2D eigenvalue weighted by molar-refractivity contribution is 5.86. The van der Waals surface area contributed by atoms with E-state index in [4.69, 9.17) is 9.47 Å². The van der Waals surface area contributed by atoms with E-state index < -0.39 is 5.60 Å². The van der Waals surface area contributed by atoms with E-state index in [2.05, 4.69) is 32.9 Å². The van der Waals surface area contributed by atoms with E-state index in [1.165, 1.54) is 6.42 Å². The Morgan fingerprint density at radius 3 is 2.86 bits per heavy atom. The molecule has 3 saturated heterocycles. The Hall–Kier alpha value is -0.870. The molecule has 1 saturated carbocycles. The summed E-state index contributed by atoms with van der Waals surface area (Å²) in [5, 5.41) is 0. The molecule has 22 heavy (non-hydrogen) atoms. The van der Waals surface area contributed by atoms with Gasteiger partial charge in [0.1, 0.15) is 5.60 Å². The van der Waals surface area contributed by atoms with Crippen LogP contribution in [0.1, 0.15) is 46.5 Å². The summed E-state index contributed by atoms with van der Waals surface area (Å²) in [6, 6.07) is 0. The van der Waals surface area contributed by atoms with Gasteiger partial charge in [-0.3, -0.25) is 4.79 Å². The molecule has 4 fully saturated rings. The Morgan fingerprint density at radius 1 is 1.27 bits per heavy atom. The Kier molecular flexibility index (Phi) is 2.44. The Labute approximate surface area is 131 Å². The molecule has 0 radical (unpaired) electrons. The molecule has 4 heteroatoms. The van der Waals surface area contributed by atoms with Crippen LogP contribution in [0, 0.1) is 17.8 Å². The van der Waals surface area contributed by atoms with Gasteiger partial charge in [0.2, 0.25) is 5.91 Å². The molecule has 120 valence electrons. The zero-order chi connectivity index (χ0) is 15.3. The first-order valence-electron chi connectivity index (χ1n) is 8.79. The van der Waals surface area contributed by atoms with Crippen molar-refractivity contribution in [3.05, 3.63) is 12.2 Å². The fraction of sp³-hybridized carbons (Fsp3) is 0.833. The summed E-state index contributed by atoms with van der Waals surface area (Å²) in [4.78, 5) is 15.1. The van der Waals surface area contributed by atoms with Crippen molar-refractivity contribution >= 4 is 5.91 Å². The first kappa shape index (κ1) is 13.6. The van der Waals surface area contributed by atoms with Crippen LogP contribution in [0.25, 0.3) is 0 Å². The van der Waals surface area contributed by atoms with E-state index >= 15 is 0 Å². The molecule has 2 bridgehead atoms. The molecule has 4 aliphatic heterocycles. The molecule has 4 heterocycles. The van der Waals surface area contributed by atoms with Crippen LogP contribution in [0.3, 0.4) is 0 Å². The minimum Gasteiger partial charge on any atom is -0.358 e. The molecule has 0 aromatic carbocycles. The molecule has 7 atom stereocenters. The zero-order valence-electron chi connectivity index (χ0n) is 13.6. The average Bonchev–Trinajstić information content (AvgIpc) is 3.09. The maximum absolute atomic E-state index is 13.1. The number of fused-ring (bicyclic) bond motifs is 3. The molecular weight excluding hydrogens is 278 g/mol. The van der Waals surface area contributed by atoms with Gasteiger partial charge in [-0.15, -0.1) is 0 Å². The molecule has 0 aromatic heterocycles. The third kappa shape index (κ3) is 1.40. The number of hydrogen-bond donors (Lipinski definition) is 0. The molecule has 5 rings (SSSR count). The summed E-state index contributed by atoms with van der Waals surface area (Å²) in [7, 11) is 0. The van der Waals surface area contributed by atoms with Gasteiger partial charge in [-0.2, -0.15) is 0 Å². The lowest BCUT2D eigenvalue weighted by atomic mass is 9.70. The summed E-state index contributed by atoms with van der Waals surface area (Å²) in [6.45, 7) is 6.79. The van der Waals surface area contributed by atoms with Crippen molar-refractivity contribution in [3.8, 4) is 0 Å². The van der Waals surface area contributed by atoms with Gasteiger partial charge >= 0.3 is 0 Å². The van der Waals surface area contributed by atoms with Crippen LogP contribution in [0.2, 0.25) is 0 Å². The van der Waals surface area contributed by atoms with Crippen molar-refractivity contribution in [2.45, 2.75) is 76.0 Å². The van der Waals surface area contributed by atoms with Gasteiger partial charge in [-0.1, -0.05) is 19.4 Å². The van der Waals surface area contributed by atoms with E-state index in [1.807, 2.05) is 4.90 Å². The molecule has 0 aromatic rings. The second kappa shape index (κ2) is 3.96. The molecule has 1 spiro atoms. The van der Waals surface area contributed by atoms with Gasteiger partial charge in [0.15, 0.2) is 6.23 Å². The van der Waals surface area contributed by atoms with Crippen LogP contribution < -0.4 is 0 Å². The lowest BCUT2D eigenvalue weighted by Gasteiger charge is -2.56. The van der Waals surface area contributed by atoms with Crippen molar-refractivity contribution < 1.29 is 14.3 Å². The monoisotopic (exact) mass is 303 g/mol. The van der Waals surface area contributed by atoms with Crippen molar-refractivity contribution in [1.82, 2.24) is 4.90 Å². The molecule has 5 aliphatic rings. The maximum atomic E-state index is 13.1. The van der Waals surface area contributed by atoms with Crippen molar-refractivity contribution in [3.63, 3.8) is 0 Å².